The van der Waals surface area contributed by atoms with E-state index in [1.54, 1.807) is 0 Å². The maximum absolute atomic E-state index is 3.62. The van der Waals surface area contributed by atoms with Crippen molar-refractivity contribution in [3.05, 3.63) is 46.4 Å². The minimum atomic E-state index is 0.314. The smallest absolute Gasteiger partial charge is 0.0253 e. The van der Waals surface area contributed by atoms with Crippen LogP contribution in [0.25, 0.3) is 10.8 Å². The molecule has 0 amide bonds. The van der Waals surface area contributed by atoms with E-state index in [0.29, 0.717) is 11.3 Å². The van der Waals surface area contributed by atoms with Gasteiger partial charge in [-0.05, 0) is 40.2 Å². The lowest BCUT2D eigenvalue weighted by molar-refractivity contribution is 0.313. The molecule has 0 aliphatic heterocycles. The summed E-state index contributed by atoms with van der Waals surface area (Å²) in [5, 5.41) is 2.62. The molecule has 0 saturated heterocycles. The molecular formula is C17H21Br. The molecule has 0 fully saturated rings. The number of rotatable bonds is 2. The maximum atomic E-state index is 3.62. The molecule has 2 rings (SSSR count). The van der Waals surface area contributed by atoms with Gasteiger partial charge in [0.2, 0.25) is 0 Å². The lowest BCUT2D eigenvalue weighted by atomic mass is 9.75. The third kappa shape index (κ3) is 2.61. The molecule has 0 aliphatic carbocycles. The summed E-state index contributed by atoms with van der Waals surface area (Å²) in [5.74, 6) is 0.612. The minimum Gasteiger partial charge on any atom is -0.0648 e. The van der Waals surface area contributed by atoms with Crippen LogP contribution in [0.15, 0.2) is 40.9 Å². The lowest BCUT2D eigenvalue weighted by Gasteiger charge is -2.30. The van der Waals surface area contributed by atoms with Crippen molar-refractivity contribution in [3.8, 4) is 0 Å². The van der Waals surface area contributed by atoms with Crippen molar-refractivity contribution < 1.29 is 0 Å². The number of hydrogen-bond donors (Lipinski definition) is 0. The van der Waals surface area contributed by atoms with E-state index in [2.05, 4.69) is 80.0 Å². The fourth-order valence-corrected chi connectivity index (χ4v) is 3.34. The van der Waals surface area contributed by atoms with Crippen molar-refractivity contribution in [2.75, 3.05) is 0 Å². The first-order valence-electron chi connectivity index (χ1n) is 6.61. The van der Waals surface area contributed by atoms with Crippen LogP contribution in [0.2, 0.25) is 0 Å². The van der Waals surface area contributed by atoms with Gasteiger partial charge in [0, 0.05) is 4.47 Å². The highest BCUT2D eigenvalue weighted by Crippen LogP contribution is 2.39. The van der Waals surface area contributed by atoms with E-state index in [-0.39, 0.29) is 0 Å². The first-order valence-corrected chi connectivity index (χ1v) is 7.41. The molecule has 1 heteroatoms. The Morgan fingerprint density at radius 1 is 1.11 bits per heavy atom. The van der Waals surface area contributed by atoms with Crippen LogP contribution in [0, 0.1) is 5.41 Å². The molecule has 0 radical (unpaired) electrons. The van der Waals surface area contributed by atoms with Crippen molar-refractivity contribution >= 4 is 26.7 Å². The van der Waals surface area contributed by atoms with Gasteiger partial charge in [0.15, 0.2) is 0 Å². The molecule has 0 nitrogen and oxygen atoms in total. The van der Waals surface area contributed by atoms with Gasteiger partial charge in [0.05, 0.1) is 0 Å². The SMILES string of the molecule is CCC(c1ccc2c(Br)cccc2c1)C(C)(C)C. The van der Waals surface area contributed by atoms with Crippen molar-refractivity contribution in [2.24, 2.45) is 5.41 Å². The summed E-state index contributed by atoms with van der Waals surface area (Å²) >= 11 is 3.62. The maximum Gasteiger partial charge on any atom is 0.0253 e. The van der Waals surface area contributed by atoms with Crippen LogP contribution in [-0.4, -0.2) is 0 Å². The van der Waals surface area contributed by atoms with Gasteiger partial charge in [-0.1, -0.05) is 74.0 Å². The second-order valence-electron chi connectivity index (χ2n) is 6.05. The van der Waals surface area contributed by atoms with E-state index in [1.807, 2.05) is 0 Å². The van der Waals surface area contributed by atoms with Gasteiger partial charge < -0.3 is 0 Å². The zero-order chi connectivity index (χ0) is 13.3. The van der Waals surface area contributed by atoms with E-state index >= 15 is 0 Å². The Morgan fingerprint density at radius 3 is 2.44 bits per heavy atom. The van der Waals surface area contributed by atoms with E-state index in [1.165, 1.54) is 27.2 Å². The molecule has 0 bridgehead atoms. The van der Waals surface area contributed by atoms with Gasteiger partial charge in [-0.3, -0.25) is 0 Å². The van der Waals surface area contributed by atoms with E-state index < -0.39 is 0 Å². The third-order valence-corrected chi connectivity index (χ3v) is 4.40. The van der Waals surface area contributed by atoms with Gasteiger partial charge in [-0.25, -0.2) is 0 Å². The second-order valence-corrected chi connectivity index (χ2v) is 6.90. The average molecular weight is 305 g/mol. The summed E-state index contributed by atoms with van der Waals surface area (Å²) in [7, 11) is 0. The fourth-order valence-electron chi connectivity index (χ4n) is 2.83. The van der Waals surface area contributed by atoms with Gasteiger partial charge in [0.25, 0.3) is 0 Å². The average Bonchev–Trinajstić information content (AvgIpc) is 2.28. The van der Waals surface area contributed by atoms with Gasteiger partial charge in [-0.2, -0.15) is 0 Å². The first kappa shape index (κ1) is 13.6. The summed E-state index contributed by atoms with van der Waals surface area (Å²) in [6.07, 6.45) is 1.18. The Hall–Kier alpha value is -0.820. The Balaban J connectivity index is 2.53. The minimum absolute atomic E-state index is 0.314. The van der Waals surface area contributed by atoms with Crippen LogP contribution in [0.4, 0.5) is 0 Å². The van der Waals surface area contributed by atoms with Gasteiger partial charge >= 0.3 is 0 Å². The number of halogens is 1. The molecule has 2 aromatic rings. The van der Waals surface area contributed by atoms with E-state index in [4.69, 9.17) is 0 Å². The molecule has 0 spiro atoms. The molecule has 2 aromatic carbocycles. The zero-order valence-electron chi connectivity index (χ0n) is 11.6. The molecule has 0 N–H and O–H groups in total. The van der Waals surface area contributed by atoms with Crippen LogP contribution >= 0.6 is 15.9 Å². The lowest BCUT2D eigenvalue weighted by Crippen LogP contribution is -2.17. The van der Waals surface area contributed by atoms with Crippen LogP contribution < -0.4 is 0 Å². The predicted octanol–water partition coefficient (Wildman–Crippen LogP) is 6.14. The number of fused-ring (bicyclic) bond motifs is 1. The van der Waals surface area contributed by atoms with Crippen LogP contribution in [0.5, 0.6) is 0 Å². The van der Waals surface area contributed by atoms with Gasteiger partial charge in [-0.15, -0.1) is 0 Å². The normalized spacial score (nSPS) is 13.8. The molecule has 0 aromatic heterocycles. The standard InChI is InChI=1S/C17H21Br/c1-5-15(17(2,3)4)13-9-10-14-12(11-13)7-6-8-16(14)18/h6-11,15H,5H2,1-4H3. The van der Waals surface area contributed by atoms with Crippen LogP contribution in [-0.2, 0) is 0 Å². The highest BCUT2D eigenvalue weighted by atomic mass is 79.9. The third-order valence-electron chi connectivity index (χ3n) is 3.71. The van der Waals surface area contributed by atoms with Gasteiger partial charge in [0.1, 0.15) is 0 Å². The quantitative estimate of drug-likeness (QED) is 0.625. The molecule has 0 aliphatic rings. The predicted molar refractivity (Wildman–Crippen MR) is 84.1 cm³/mol. The van der Waals surface area contributed by atoms with Crippen molar-refractivity contribution in [1.82, 2.24) is 0 Å². The zero-order valence-corrected chi connectivity index (χ0v) is 13.2. The fraction of sp³-hybridized carbons (Fsp3) is 0.412. The Kier molecular flexibility index (Phi) is 3.82. The molecule has 96 valence electrons. The molecule has 1 atom stereocenters. The monoisotopic (exact) mass is 304 g/mol. The van der Waals surface area contributed by atoms with Crippen LogP contribution in [0.1, 0.15) is 45.6 Å². The second kappa shape index (κ2) is 5.05. The largest absolute Gasteiger partial charge is 0.0648 e. The number of benzene rings is 2. The van der Waals surface area contributed by atoms with Crippen molar-refractivity contribution in [2.45, 2.75) is 40.0 Å². The summed E-state index contributed by atoms with van der Waals surface area (Å²) < 4.78 is 1.18. The molecule has 0 heterocycles. The highest BCUT2D eigenvalue weighted by molar-refractivity contribution is 9.10. The molecule has 18 heavy (non-hydrogen) atoms. The molecular weight excluding hydrogens is 284 g/mol. The summed E-state index contributed by atoms with van der Waals surface area (Å²) in [5.41, 5.74) is 1.77. The van der Waals surface area contributed by atoms with Crippen molar-refractivity contribution in [3.63, 3.8) is 0 Å². The first-order chi connectivity index (χ1) is 8.43. The Bertz CT molecular complexity index is 549. The summed E-state index contributed by atoms with van der Waals surface area (Å²) in [4.78, 5) is 0. The summed E-state index contributed by atoms with van der Waals surface area (Å²) in [6.45, 7) is 9.26. The number of hydrogen-bond acceptors (Lipinski definition) is 0. The van der Waals surface area contributed by atoms with Crippen molar-refractivity contribution in [1.29, 1.82) is 0 Å². The Morgan fingerprint density at radius 2 is 1.83 bits per heavy atom. The molecule has 0 saturated carbocycles. The summed E-state index contributed by atoms with van der Waals surface area (Å²) in [6, 6.07) is 13.3. The topological polar surface area (TPSA) is 0 Å². The Labute approximate surface area is 119 Å². The molecule has 1 unspecified atom stereocenters. The van der Waals surface area contributed by atoms with E-state index in [0.717, 1.165) is 0 Å². The highest BCUT2D eigenvalue weighted by Gasteiger charge is 2.24. The van der Waals surface area contributed by atoms with E-state index in [9.17, 15) is 0 Å². The van der Waals surface area contributed by atoms with Crippen LogP contribution in [0.3, 0.4) is 0 Å².